The summed E-state index contributed by atoms with van der Waals surface area (Å²) in [5, 5.41) is 15.5. The van der Waals surface area contributed by atoms with Gasteiger partial charge in [0.15, 0.2) is 0 Å². The predicted octanol–water partition coefficient (Wildman–Crippen LogP) is 1.10. The van der Waals surface area contributed by atoms with Gasteiger partial charge in [0.05, 0.1) is 12.1 Å². The molecule has 2 rings (SSSR count). The van der Waals surface area contributed by atoms with Gasteiger partial charge in [-0.1, -0.05) is 25.7 Å². The first-order chi connectivity index (χ1) is 9.66. The maximum absolute atomic E-state index is 11.8. The highest BCUT2D eigenvalue weighted by atomic mass is 16.3. The molecule has 2 amide bonds. The van der Waals surface area contributed by atoms with Crippen LogP contribution in [0.2, 0.25) is 0 Å². The van der Waals surface area contributed by atoms with Crippen molar-refractivity contribution in [2.24, 2.45) is 5.92 Å². The lowest BCUT2D eigenvalue weighted by Gasteiger charge is -2.28. The van der Waals surface area contributed by atoms with Crippen molar-refractivity contribution < 1.29 is 14.7 Å². The summed E-state index contributed by atoms with van der Waals surface area (Å²) in [5.74, 6) is 0.161. The van der Waals surface area contributed by atoms with Gasteiger partial charge in [-0.15, -0.1) is 0 Å². The van der Waals surface area contributed by atoms with Crippen molar-refractivity contribution in [2.45, 2.75) is 69.9 Å². The van der Waals surface area contributed by atoms with Crippen molar-refractivity contribution in [1.82, 2.24) is 10.6 Å². The minimum absolute atomic E-state index is 0.0809. The quantitative estimate of drug-likeness (QED) is 0.706. The second-order valence-electron chi connectivity index (χ2n) is 6.05. The number of hydrogen-bond acceptors (Lipinski definition) is 3. The van der Waals surface area contributed by atoms with Crippen molar-refractivity contribution in [2.75, 3.05) is 6.54 Å². The number of nitrogens with one attached hydrogen (secondary N) is 2. The fourth-order valence-corrected chi connectivity index (χ4v) is 3.19. The summed E-state index contributed by atoms with van der Waals surface area (Å²) < 4.78 is 0. The SMILES string of the molecule is O=C(CCNC(=O)C1CCCC1)N[C@H]1CCCC[C@@H]1O. The molecule has 0 aromatic carbocycles. The van der Waals surface area contributed by atoms with E-state index in [4.69, 9.17) is 0 Å². The zero-order valence-electron chi connectivity index (χ0n) is 12.1. The highest BCUT2D eigenvalue weighted by molar-refractivity contribution is 5.80. The average molecular weight is 282 g/mol. The third-order valence-corrected chi connectivity index (χ3v) is 4.45. The highest BCUT2D eigenvalue weighted by Gasteiger charge is 2.25. The molecule has 0 saturated heterocycles. The first kappa shape index (κ1) is 15.3. The van der Waals surface area contributed by atoms with E-state index in [1.54, 1.807) is 0 Å². The van der Waals surface area contributed by atoms with E-state index in [0.717, 1.165) is 51.4 Å². The molecular formula is C15H26N2O3. The van der Waals surface area contributed by atoms with Crippen molar-refractivity contribution in [1.29, 1.82) is 0 Å². The van der Waals surface area contributed by atoms with Gasteiger partial charge in [-0.05, 0) is 25.7 Å². The standard InChI is InChI=1S/C15H26N2O3/c18-13-8-4-3-7-12(13)17-14(19)9-10-16-15(20)11-5-1-2-6-11/h11-13,18H,1-10H2,(H,16,20)(H,17,19)/t12-,13-/m0/s1. The lowest BCUT2D eigenvalue weighted by molar-refractivity contribution is -0.125. The van der Waals surface area contributed by atoms with E-state index in [9.17, 15) is 14.7 Å². The van der Waals surface area contributed by atoms with E-state index >= 15 is 0 Å². The maximum atomic E-state index is 11.8. The van der Waals surface area contributed by atoms with Gasteiger partial charge in [0.2, 0.25) is 11.8 Å². The van der Waals surface area contributed by atoms with Gasteiger partial charge in [0.1, 0.15) is 0 Å². The average Bonchev–Trinajstić information content (AvgIpc) is 2.95. The van der Waals surface area contributed by atoms with Crippen LogP contribution in [-0.2, 0) is 9.59 Å². The van der Waals surface area contributed by atoms with Crippen LogP contribution in [-0.4, -0.2) is 35.6 Å². The molecule has 5 heteroatoms. The van der Waals surface area contributed by atoms with Crippen LogP contribution in [0, 0.1) is 5.92 Å². The Morgan fingerprint density at radius 1 is 1.00 bits per heavy atom. The van der Waals surface area contributed by atoms with Gasteiger partial charge in [0, 0.05) is 18.9 Å². The minimum atomic E-state index is -0.416. The van der Waals surface area contributed by atoms with Crippen LogP contribution in [0.15, 0.2) is 0 Å². The maximum Gasteiger partial charge on any atom is 0.223 e. The molecule has 0 radical (unpaired) electrons. The first-order valence-corrected chi connectivity index (χ1v) is 7.92. The molecule has 2 aliphatic carbocycles. The number of aliphatic hydroxyl groups is 1. The summed E-state index contributed by atoms with van der Waals surface area (Å²) in [6.07, 6.45) is 7.81. The lowest BCUT2D eigenvalue weighted by Crippen LogP contribution is -2.45. The molecule has 0 heterocycles. The van der Waals surface area contributed by atoms with Crippen molar-refractivity contribution in [3.63, 3.8) is 0 Å². The molecular weight excluding hydrogens is 256 g/mol. The Morgan fingerprint density at radius 3 is 2.35 bits per heavy atom. The number of aliphatic hydroxyl groups excluding tert-OH is 1. The molecule has 2 fully saturated rings. The van der Waals surface area contributed by atoms with Crippen LogP contribution < -0.4 is 10.6 Å². The Labute approximate surface area is 120 Å². The molecule has 0 bridgehead atoms. The monoisotopic (exact) mass is 282 g/mol. The molecule has 114 valence electrons. The van der Waals surface area contributed by atoms with Crippen LogP contribution in [0.5, 0.6) is 0 Å². The van der Waals surface area contributed by atoms with E-state index < -0.39 is 6.10 Å². The summed E-state index contributed by atoms with van der Waals surface area (Å²) in [6, 6.07) is -0.109. The summed E-state index contributed by atoms with van der Waals surface area (Å²) in [5.41, 5.74) is 0. The number of hydrogen-bond donors (Lipinski definition) is 3. The molecule has 2 saturated carbocycles. The Morgan fingerprint density at radius 2 is 1.65 bits per heavy atom. The largest absolute Gasteiger partial charge is 0.391 e. The summed E-state index contributed by atoms with van der Waals surface area (Å²) in [7, 11) is 0. The molecule has 0 aliphatic heterocycles. The Hall–Kier alpha value is -1.10. The molecule has 0 aromatic rings. The topological polar surface area (TPSA) is 78.4 Å². The Bertz CT molecular complexity index is 340. The van der Waals surface area contributed by atoms with Crippen LogP contribution in [0.25, 0.3) is 0 Å². The number of carbonyl (C=O) groups excluding carboxylic acids is 2. The van der Waals surface area contributed by atoms with Gasteiger partial charge in [-0.25, -0.2) is 0 Å². The normalized spacial score (nSPS) is 27.2. The Balaban J connectivity index is 1.61. The molecule has 20 heavy (non-hydrogen) atoms. The molecule has 0 unspecified atom stereocenters. The van der Waals surface area contributed by atoms with Gasteiger partial charge < -0.3 is 15.7 Å². The summed E-state index contributed by atoms with van der Waals surface area (Å²) in [4.78, 5) is 23.6. The second-order valence-corrected chi connectivity index (χ2v) is 6.05. The van der Waals surface area contributed by atoms with Crippen LogP contribution >= 0.6 is 0 Å². The van der Waals surface area contributed by atoms with Crippen LogP contribution in [0.3, 0.4) is 0 Å². The van der Waals surface area contributed by atoms with Gasteiger partial charge >= 0.3 is 0 Å². The number of carbonyl (C=O) groups is 2. The lowest BCUT2D eigenvalue weighted by atomic mass is 9.92. The zero-order chi connectivity index (χ0) is 14.4. The molecule has 0 aromatic heterocycles. The van der Waals surface area contributed by atoms with Crippen molar-refractivity contribution >= 4 is 11.8 Å². The van der Waals surface area contributed by atoms with Crippen LogP contribution in [0.1, 0.15) is 57.8 Å². The molecule has 0 spiro atoms. The fourth-order valence-electron chi connectivity index (χ4n) is 3.19. The predicted molar refractivity (Wildman–Crippen MR) is 76.0 cm³/mol. The smallest absolute Gasteiger partial charge is 0.223 e. The van der Waals surface area contributed by atoms with E-state index in [1.807, 2.05) is 0 Å². The van der Waals surface area contributed by atoms with Crippen molar-refractivity contribution in [3.05, 3.63) is 0 Å². The third-order valence-electron chi connectivity index (χ3n) is 4.45. The minimum Gasteiger partial charge on any atom is -0.391 e. The zero-order valence-corrected chi connectivity index (χ0v) is 12.1. The number of rotatable bonds is 5. The van der Waals surface area contributed by atoms with E-state index in [2.05, 4.69) is 10.6 Å². The molecule has 3 N–H and O–H groups in total. The first-order valence-electron chi connectivity index (χ1n) is 7.92. The fraction of sp³-hybridized carbons (Fsp3) is 0.867. The summed E-state index contributed by atoms with van der Waals surface area (Å²) in [6.45, 7) is 0.393. The molecule has 2 aliphatic rings. The molecule has 5 nitrogen and oxygen atoms in total. The van der Waals surface area contributed by atoms with E-state index in [0.29, 0.717) is 13.0 Å². The third kappa shape index (κ3) is 4.47. The van der Waals surface area contributed by atoms with E-state index in [-0.39, 0.29) is 23.8 Å². The summed E-state index contributed by atoms with van der Waals surface area (Å²) >= 11 is 0. The second kappa shape index (κ2) is 7.62. The van der Waals surface area contributed by atoms with Gasteiger partial charge in [0.25, 0.3) is 0 Å². The number of amides is 2. The highest BCUT2D eigenvalue weighted by Crippen LogP contribution is 2.24. The van der Waals surface area contributed by atoms with Crippen molar-refractivity contribution in [3.8, 4) is 0 Å². The van der Waals surface area contributed by atoms with Gasteiger partial charge in [-0.3, -0.25) is 9.59 Å². The van der Waals surface area contributed by atoms with Crippen LogP contribution in [0.4, 0.5) is 0 Å². The van der Waals surface area contributed by atoms with E-state index in [1.165, 1.54) is 0 Å². The Kier molecular flexibility index (Phi) is 5.83. The van der Waals surface area contributed by atoms with Gasteiger partial charge in [-0.2, -0.15) is 0 Å². The molecule has 2 atom stereocenters.